The Morgan fingerprint density at radius 3 is 2.50 bits per heavy atom. The van der Waals surface area contributed by atoms with Gasteiger partial charge in [-0.2, -0.15) is 0 Å². The van der Waals surface area contributed by atoms with E-state index in [1.807, 2.05) is 7.05 Å². The second-order valence-electron chi connectivity index (χ2n) is 8.86. The minimum Gasteiger partial charge on any atom is -0.495 e. The fourth-order valence-electron chi connectivity index (χ4n) is 4.26. The van der Waals surface area contributed by atoms with E-state index >= 15 is 0 Å². The van der Waals surface area contributed by atoms with Gasteiger partial charge in [-0.15, -0.1) is 0 Å². The lowest BCUT2D eigenvalue weighted by molar-refractivity contribution is -0.134. The van der Waals surface area contributed by atoms with Crippen molar-refractivity contribution < 1.29 is 23.9 Å². The van der Waals surface area contributed by atoms with Crippen LogP contribution in [0.5, 0.6) is 5.75 Å². The van der Waals surface area contributed by atoms with Crippen molar-refractivity contribution in [3.05, 3.63) is 23.8 Å². The van der Waals surface area contributed by atoms with Crippen molar-refractivity contribution in [1.29, 1.82) is 0 Å². The maximum absolute atomic E-state index is 12.9. The van der Waals surface area contributed by atoms with Gasteiger partial charge < -0.3 is 25.2 Å². The molecular weight excluding hydrogens is 414 g/mol. The van der Waals surface area contributed by atoms with Gasteiger partial charge in [0.05, 0.1) is 12.8 Å². The first-order valence-corrected chi connectivity index (χ1v) is 10.8. The molecular formula is C22H29N5O5. The maximum Gasteiger partial charge on any atom is 0.325 e. The topological polar surface area (TPSA) is 111 Å². The predicted octanol–water partition coefficient (Wildman–Crippen LogP) is 0.742. The van der Waals surface area contributed by atoms with Crippen LogP contribution >= 0.6 is 0 Å². The number of amides is 5. The molecule has 3 fully saturated rings. The third-order valence-electron chi connectivity index (χ3n) is 6.51. The van der Waals surface area contributed by atoms with Crippen LogP contribution in [0.1, 0.15) is 30.1 Å². The molecule has 1 aromatic carbocycles. The van der Waals surface area contributed by atoms with E-state index in [0.29, 0.717) is 30.1 Å². The Morgan fingerprint density at radius 1 is 1.19 bits per heavy atom. The lowest BCUT2D eigenvalue weighted by atomic mass is 9.96. The normalized spacial score (nSPS) is 23.8. The van der Waals surface area contributed by atoms with Crippen LogP contribution in [-0.2, 0) is 9.59 Å². The highest BCUT2D eigenvalue weighted by atomic mass is 16.5. The van der Waals surface area contributed by atoms with Crippen molar-refractivity contribution in [3.8, 4) is 5.75 Å². The lowest BCUT2D eigenvalue weighted by Crippen LogP contribution is -2.47. The summed E-state index contributed by atoms with van der Waals surface area (Å²) in [5, 5.41) is 5.42. The summed E-state index contributed by atoms with van der Waals surface area (Å²) in [4.78, 5) is 55.6. The monoisotopic (exact) mass is 443 g/mol. The van der Waals surface area contributed by atoms with Crippen molar-refractivity contribution in [2.75, 3.05) is 52.2 Å². The third-order valence-corrected chi connectivity index (χ3v) is 6.51. The molecule has 10 heteroatoms. The molecule has 2 heterocycles. The van der Waals surface area contributed by atoms with E-state index in [1.165, 1.54) is 7.11 Å². The maximum atomic E-state index is 12.9. The zero-order valence-electron chi connectivity index (χ0n) is 18.6. The zero-order valence-corrected chi connectivity index (χ0v) is 18.6. The third kappa shape index (κ3) is 4.14. The average molecular weight is 444 g/mol. The van der Waals surface area contributed by atoms with Crippen molar-refractivity contribution in [2.24, 2.45) is 5.92 Å². The van der Waals surface area contributed by atoms with Gasteiger partial charge in [-0.3, -0.25) is 19.3 Å². The molecule has 3 aliphatic rings. The van der Waals surface area contributed by atoms with Crippen LogP contribution in [-0.4, -0.2) is 90.9 Å². The number of nitrogens with one attached hydrogen (secondary N) is 2. The first kappa shape index (κ1) is 22.1. The van der Waals surface area contributed by atoms with E-state index in [0.717, 1.165) is 30.8 Å². The Hall–Kier alpha value is -3.14. The predicted molar refractivity (Wildman–Crippen MR) is 116 cm³/mol. The van der Waals surface area contributed by atoms with Gasteiger partial charge in [0.25, 0.3) is 11.8 Å². The Labute approximate surface area is 186 Å². The molecule has 2 saturated heterocycles. The molecule has 0 aromatic heterocycles. The molecule has 0 bridgehead atoms. The second kappa shape index (κ2) is 8.42. The molecule has 1 atom stereocenters. The highest BCUT2D eigenvalue weighted by Crippen LogP contribution is 2.42. The lowest BCUT2D eigenvalue weighted by Gasteiger charge is -2.32. The quantitative estimate of drug-likeness (QED) is 0.628. The summed E-state index contributed by atoms with van der Waals surface area (Å²) < 4.78 is 5.32. The van der Waals surface area contributed by atoms with E-state index in [9.17, 15) is 19.2 Å². The van der Waals surface area contributed by atoms with Crippen LogP contribution in [0.25, 0.3) is 0 Å². The largest absolute Gasteiger partial charge is 0.495 e. The van der Waals surface area contributed by atoms with Crippen LogP contribution in [0.3, 0.4) is 0 Å². The molecule has 0 spiro atoms. The molecule has 1 aliphatic carbocycles. The van der Waals surface area contributed by atoms with Gasteiger partial charge >= 0.3 is 6.03 Å². The smallest absolute Gasteiger partial charge is 0.325 e. The number of likely N-dealkylation sites (N-methyl/N-ethyl adjacent to an activating group) is 1. The molecule has 4 rings (SSSR count). The summed E-state index contributed by atoms with van der Waals surface area (Å²) >= 11 is 0. The summed E-state index contributed by atoms with van der Waals surface area (Å²) in [6.45, 7) is 4.17. The van der Waals surface area contributed by atoms with E-state index in [-0.39, 0.29) is 17.7 Å². The number of benzene rings is 1. The van der Waals surface area contributed by atoms with Crippen molar-refractivity contribution >= 4 is 29.4 Å². The fourth-order valence-corrected chi connectivity index (χ4v) is 4.26. The Morgan fingerprint density at radius 2 is 1.88 bits per heavy atom. The zero-order chi connectivity index (χ0) is 23.0. The molecule has 0 radical (unpaired) electrons. The number of hydrogen-bond donors (Lipinski definition) is 2. The second-order valence-corrected chi connectivity index (χ2v) is 8.86. The van der Waals surface area contributed by atoms with Gasteiger partial charge in [-0.1, -0.05) is 0 Å². The van der Waals surface area contributed by atoms with Crippen molar-refractivity contribution in [2.45, 2.75) is 25.3 Å². The average Bonchev–Trinajstić information content (AvgIpc) is 3.60. The minimum atomic E-state index is -0.941. The SMILES string of the molecule is COc1ccc(C(=O)N2CCN(C)CC2)cc1NC(=O)CN1C(=O)NC(C)(C2CC2)C1=O. The highest BCUT2D eigenvalue weighted by Gasteiger charge is 2.56. The fraction of sp³-hybridized carbons (Fsp3) is 0.545. The summed E-state index contributed by atoms with van der Waals surface area (Å²) in [7, 11) is 3.48. The molecule has 32 heavy (non-hydrogen) atoms. The number of anilines is 1. The molecule has 1 unspecified atom stereocenters. The number of rotatable bonds is 6. The number of carbonyl (C=O) groups excluding carboxylic acids is 4. The van der Waals surface area contributed by atoms with Gasteiger partial charge in [-0.25, -0.2) is 4.79 Å². The van der Waals surface area contributed by atoms with Gasteiger partial charge in [0.2, 0.25) is 5.91 Å². The van der Waals surface area contributed by atoms with E-state index in [1.54, 1.807) is 30.0 Å². The summed E-state index contributed by atoms with van der Waals surface area (Å²) in [6, 6.07) is 4.28. The highest BCUT2D eigenvalue weighted by molar-refractivity contribution is 6.10. The minimum absolute atomic E-state index is 0.115. The molecule has 2 aliphatic heterocycles. The van der Waals surface area contributed by atoms with Gasteiger partial charge in [0.1, 0.15) is 17.8 Å². The first-order valence-electron chi connectivity index (χ1n) is 10.8. The Balaban J connectivity index is 1.45. The number of hydrogen-bond acceptors (Lipinski definition) is 6. The van der Waals surface area contributed by atoms with Crippen LogP contribution in [0.15, 0.2) is 18.2 Å². The van der Waals surface area contributed by atoms with Crippen molar-refractivity contribution in [3.63, 3.8) is 0 Å². The summed E-state index contributed by atoms with van der Waals surface area (Å²) in [6.07, 6.45) is 1.77. The molecule has 10 nitrogen and oxygen atoms in total. The number of nitrogens with zero attached hydrogens (tertiary/aromatic N) is 3. The number of ether oxygens (including phenoxy) is 1. The van der Waals surface area contributed by atoms with E-state index < -0.39 is 24.0 Å². The Bertz CT molecular complexity index is 954. The van der Waals surface area contributed by atoms with E-state index in [4.69, 9.17) is 4.74 Å². The first-order chi connectivity index (χ1) is 15.2. The molecule has 1 saturated carbocycles. The number of piperazine rings is 1. The number of imide groups is 1. The van der Waals surface area contributed by atoms with Crippen LogP contribution in [0.2, 0.25) is 0 Å². The summed E-state index contributed by atoms with van der Waals surface area (Å²) in [5.74, 6) is -0.551. The van der Waals surface area contributed by atoms with Crippen LogP contribution < -0.4 is 15.4 Å². The number of carbonyl (C=O) groups is 4. The van der Waals surface area contributed by atoms with Gasteiger partial charge in [0.15, 0.2) is 0 Å². The van der Waals surface area contributed by atoms with Gasteiger partial charge in [0, 0.05) is 31.7 Å². The molecule has 2 N–H and O–H groups in total. The molecule has 5 amide bonds. The number of methoxy groups -OCH3 is 1. The van der Waals surface area contributed by atoms with Crippen LogP contribution in [0.4, 0.5) is 10.5 Å². The van der Waals surface area contributed by atoms with E-state index in [2.05, 4.69) is 15.5 Å². The van der Waals surface area contributed by atoms with Crippen LogP contribution in [0, 0.1) is 5.92 Å². The molecule has 172 valence electrons. The summed E-state index contributed by atoms with van der Waals surface area (Å²) in [5.41, 5.74) is -0.194. The number of urea groups is 1. The standard InChI is InChI=1S/C22H29N5O5/c1-22(15-5-6-15)20(30)27(21(31)24-22)13-18(28)23-16-12-14(4-7-17(16)32-3)19(29)26-10-8-25(2)9-11-26/h4,7,12,15H,5-6,8-11,13H2,1-3H3,(H,23,28)(H,24,31). The molecule has 1 aromatic rings. The van der Waals surface area contributed by atoms with Crippen molar-refractivity contribution in [1.82, 2.24) is 20.0 Å². The Kier molecular flexibility index (Phi) is 5.81. The van der Waals surface area contributed by atoms with Gasteiger partial charge in [-0.05, 0) is 50.9 Å².